The van der Waals surface area contributed by atoms with Gasteiger partial charge < -0.3 is 32.5 Å². The Balaban J connectivity index is 0.00000220. The number of carbonyl (C=O) groups is 1. The number of carbonyl (C=O) groups excluding carboxylic acids is 1. The van der Waals surface area contributed by atoms with Crippen LogP contribution in [-0.2, 0) is 4.79 Å². The molecule has 2 rings (SSSR count). The first-order chi connectivity index (χ1) is 9.74. The third-order valence-electron chi connectivity index (χ3n) is 3.42. The minimum atomic E-state index is -0.0387. The summed E-state index contributed by atoms with van der Waals surface area (Å²) in [6.45, 7) is 3.25. The van der Waals surface area contributed by atoms with Crippen molar-refractivity contribution in [2.75, 3.05) is 25.6 Å². The quantitative estimate of drug-likeness (QED) is 0.648. The van der Waals surface area contributed by atoms with E-state index in [0.717, 1.165) is 30.7 Å². The van der Waals surface area contributed by atoms with Gasteiger partial charge in [0.1, 0.15) is 13.2 Å². The molecule has 21 heavy (non-hydrogen) atoms. The number of fused-ring (bicyclic) bond motifs is 1. The van der Waals surface area contributed by atoms with Crippen LogP contribution in [0.3, 0.4) is 0 Å². The molecule has 1 aliphatic rings. The van der Waals surface area contributed by atoms with E-state index < -0.39 is 0 Å². The molecule has 1 unspecified atom stereocenters. The van der Waals surface area contributed by atoms with Crippen LogP contribution < -0.4 is 32.5 Å². The van der Waals surface area contributed by atoms with Gasteiger partial charge in [0.15, 0.2) is 17.5 Å². The maximum absolute atomic E-state index is 12.2. The topological polar surface area (TPSA) is 64.2 Å². The number of halogens is 1. The molecule has 1 atom stereocenters. The molecule has 0 aromatic heterocycles. The summed E-state index contributed by atoms with van der Waals surface area (Å²) in [5.74, 6) is 1.47. The van der Waals surface area contributed by atoms with E-state index in [0.29, 0.717) is 19.0 Å². The standard InChI is InChI=1S/C15H22N2O3.ClH/c1-3-4-5-12(16-2)15(18)17-11-6-7-13-14(10-11)20-9-8-19-13;/h6-7,10,12,16H,3-5,8-9H2,1-2H3,(H,17,18);1H. The van der Waals surface area contributed by atoms with E-state index in [1.54, 1.807) is 0 Å². The number of quaternary nitrogens is 1. The SMILES string of the molecule is CCCCC([NH2+]C)C(=O)Nc1ccc2c(c1)OCCO2.[Cl-]. The number of likely N-dealkylation sites (N-methyl/N-ethyl adjacent to an activating group) is 1. The molecular formula is C15H23ClN2O3. The average Bonchev–Trinajstić information content (AvgIpc) is 2.48. The van der Waals surface area contributed by atoms with Crippen molar-refractivity contribution in [2.24, 2.45) is 0 Å². The van der Waals surface area contributed by atoms with Gasteiger partial charge in [0, 0.05) is 18.2 Å². The number of rotatable bonds is 6. The summed E-state index contributed by atoms with van der Waals surface area (Å²) in [5, 5.41) is 4.91. The monoisotopic (exact) mass is 314 g/mol. The van der Waals surface area contributed by atoms with Gasteiger partial charge in [-0.15, -0.1) is 0 Å². The molecule has 0 spiro atoms. The van der Waals surface area contributed by atoms with Gasteiger partial charge in [-0.2, -0.15) is 0 Å². The van der Waals surface area contributed by atoms with Gasteiger partial charge >= 0.3 is 0 Å². The zero-order chi connectivity index (χ0) is 14.4. The number of nitrogens with two attached hydrogens (primary N) is 1. The molecule has 0 bridgehead atoms. The number of hydrogen-bond acceptors (Lipinski definition) is 3. The first-order valence-corrected chi connectivity index (χ1v) is 7.24. The zero-order valence-corrected chi connectivity index (χ0v) is 13.3. The summed E-state index contributed by atoms with van der Waals surface area (Å²) >= 11 is 0. The fourth-order valence-electron chi connectivity index (χ4n) is 2.23. The lowest BCUT2D eigenvalue weighted by molar-refractivity contribution is -0.650. The third-order valence-corrected chi connectivity index (χ3v) is 3.42. The second kappa shape index (κ2) is 8.74. The molecule has 1 heterocycles. The molecule has 0 radical (unpaired) electrons. The fourth-order valence-corrected chi connectivity index (χ4v) is 2.23. The maximum atomic E-state index is 12.2. The van der Waals surface area contributed by atoms with E-state index >= 15 is 0 Å². The van der Waals surface area contributed by atoms with Crippen LogP contribution >= 0.6 is 0 Å². The van der Waals surface area contributed by atoms with Crippen molar-refractivity contribution in [1.29, 1.82) is 0 Å². The van der Waals surface area contributed by atoms with Crippen LogP contribution in [0.4, 0.5) is 5.69 Å². The Morgan fingerprint density at radius 2 is 2.05 bits per heavy atom. The predicted octanol–water partition coefficient (Wildman–Crippen LogP) is -1.85. The molecule has 3 N–H and O–H groups in total. The molecule has 0 saturated carbocycles. The molecule has 0 fully saturated rings. The predicted molar refractivity (Wildman–Crippen MR) is 77.2 cm³/mol. The highest BCUT2D eigenvalue weighted by atomic mass is 35.5. The lowest BCUT2D eigenvalue weighted by Crippen LogP contribution is -3.00. The van der Waals surface area contributed by atoms with Crippen molar-refractivity contribution in [1.82, 2.24) is 0 Å². The van der Waals surface area contributed by atoms with Crippen molar-refractivity contribution in [3.8, 4) is 11.5 Å². The Hall–Kier alpha value is -1.46. The lowest BCUT2D eigenvalue weighted by Gasteiger charge is -2.19. The van der Waals surface area contributed by atoms with Gasteiger partial charge in [0.2, 0.25) is 0 Å². The molecule has 6 heteroatoms. The summed E-state index contributed by atoms with van der Waals surface area (Å²) in [7, 11) is 1.93. The van der Waals surface area contributed by atoms with Crippen molar-refractivity contribution in [2.45, 2.75) is 32.2 Å². The van der Waals surface area contributed by atoms with Crippen LogP contribution in [0, 0.1) is 0 Å². The van der Waals surface area contributed by atoms with E-state index in [-0.39, 0.29) is 24.4 Å². The van der Waals surface area contributed by atoms with Gasteiger partial charge in [-0.1, -0.05) is 13.3 Å². The minimum Gasteiger partial charge on any atom is -1.00 e. The highest BCUT2D eigenvalue weighted by Gasteiger charge is 2.20. The number of ether oxygens (including phenoxy) is 2. The average molecular weight is 315 g/mol. The summed E-state index contributed by atoms with van der Waals surface area (Å²) < 4.78 is 11.0. The highest BCUT2D eigenvalue weighted by Crippen LogP contribution is 2.32. The number of benzene rings is 1. The second-order valence-electron chi connectivity index (χ2n) is 4.93. The Labute approximate surface area is 131 Å². The molecular weight excluding hydrogens is 292 g/mol. The van der Waals surface area contributed by atoms with Crippen LogP contribution in [-0.4, -0.2) is 32.2 Å². The van der Waals surface area contributed by atoms with E-state index in [1.807, 2.05) is 30.6 Å². The zero-order valence-electron chi connectivity index (χ0n) is 12.5. The Bertz CT molecular complexity index is 468. The van der Waals surface area contributed by atoms with Crippen molar-refractivity contribution in [3.63, 3.8) is 0 Å². The first-order valence-electron chi connectivity index (χ1n) is 7.24. The van der Waals surface area contributed by atoms with Crippen LogP contribution in [0.1, 0.15) is 26.2 Å². The van der Waals surface area contributed by atoms with Gasteiger partial charge in [0.25, 0.3) is 5.91 Å². The van der Waals surface area contributed by atoms with Crippen molar-refractivity contribution >= 4 is 11.6 Å². The largest absolute Gasteiger partial charge is 1.00 e. The highest BCUT2D eigenvalue weighted by molar-refractivity contribution is 5.94. The van der Waals surface area contributed by atoms with Crippen LogP contribution in [0.25, 0.3) is 0 Å². The summed E-state index contributed by atoms with van der Waals surface area (Å²) in [5.41, 5.74) is 0.752. The first kappa shape index (κ1) is 17.6. The molecule has 1 amide bonds. The van der Waals surface area contributed by atoms with Crippen LogP contribution in [0.2, 0.25) is 0 Å². The second-order valence-corrected chi connectivity index (χ2v) is 4.93. The van der Waals surface area contributed by atoms with Crippen molar-refractivity contribution < 1.29 is 32.0 Å². The van der Waals surface area contributed by atoms with Crippen LogP contribution in [0.5, 0.6) is 11.5 Å². The molecule has 1 aromatic carbocycles. The lowest BCUT2D eigenvalue weighted by atomic mass is 10.1. The van der Waals surface area contributed by atoms with E-state index in [2.05, 4.69) is 12.2 Å². The minimum absolute atomic E-state index is 0. The van der Waals surface area contributed by atoms with Gasteiger partial charge in [-0.3, -0.25) is 4.79 Å². The number of unbranched alkanes of at least 4 members (excludes halogenated alkanes) is 1. The number of anilines is 1. The van der Waals surface area contributed by atoms with Crippen LogP contribution in [0.15, 0.2) is 18.2 Å². The number of hydrogen-bond donors (Lipinski definition) is 2. The Morgan fingerprint density at radius 1 is 1.33 bits per heavy atom. The van der Waals surface area contributed by atoms with Crippen molar-refractivity contribution in [3.05, 3.63) is 18.2 Å². The fraction of sp³-hybridized carbons (Fsp3) is 0.533. The number of nitrogens with one attached hydrogen (secondary N) is 1. The Kier molecular flexibility index (Phi) is 7.32. The van der Waals surface area contributed by atoms with E-state index in [1.165, 1.54) is 0 Å². The molecule has 5 nitrogen and oxygen atoms in total. The Morgan fingerprint density at radius 3 is 2.71 bits per heavy atom. The summed E-state index contributed by atoms with van der Waals surface area (Å²) in [6.07, 6.45) is 3.05. The van der Waals surface area contributed by atoms with Gasteiger partial charge in [0.05, 0.1) is 7.05 Å². The smallest absolute Gasteiger partial charge is 0.282 e. The number of amides is 1. The molecule has 0 aliphatic carbocycles. The van der Waals surface area contributed by atoms with Gasteiger partial charge in [-0.05, 0) is 18.6 Å². The third kappa shape index (κ3) is 4.79. The normalized spacial score (nSPS) is 14.0. The van der Waals surface area contributed by atoms with Gasteiger partial charge in [-0.25, -0.2) is 0 Å². The summed E-state index contributed by atoms with van der Waals surface area (Å²) in [4.78, 5) is 12.2. The molecule has 0 saturated heterocycles. The summed E-state index contributed by atoms with van der Waals surface area (Å²) in [6, 6.07) is 5.46. The van der Waals surface area contributed by atoms with E-state index in [9.17, 15) is 4.79 Å². The molecule has 1 aromatic rings. The molecule has 118 valence electrons. The maximum Gasteiger partial charge on any atom is 0.282 e. The van der Waals surface area contributed by atoms with E-state index in [4.69, 9.17) is 9.47 Å². The molecule has 1 aliphatic heterocycles.